The monoisotopic (exact) mass is 191 g/mol. The third-order valence-electron chi connectivity index (χ3n) is 2.06. The fourth-order valence-electron chi connectivity index (χ4n) is 1.42. The van der Waals surface area contributed by atoms with Crippen molar-refractivity contribution < 1.29 is 4.39 Å². The highest BCUT2D eigenvalue weighted by Crippen LogP contribution is 2.15. The number of rotatable bonds is 2. The Bertz CT molecular complexity index is 456. The summed E-state index contributed by atoms with van der Waals surface area (Å²) in [6.07, 6.45) is 2.12. The van der Waals surface area contributed by atoms with Gasteiger partial charge in [-0.1, -0.05) is 0 Å². The summed E-state index contributed by atoms with van der Waals surface area (Å²) < 4.78 is 13.0. The largest absolute Gasteiger partial charge is 0.330 e. The number of benzene rings is 1. The van der Waals surface area contributed by atoms with Crippen LogP contribution in [0.15, 0.2) is 24.5 Å². The molecule has 0 radical (unpaired) electrons. The van der Waals surface area contributed by atoms with Gasteiger partial charge in [-0.15, -0.1) is 0 Å². The Morgan fingerprint density at radius 2 is 2.14 bits per heavy atom. The van der Waals surface area contributed by atoms with E-state index in [4.69, 9.17) is 5.73 Å². The van der Waals surface area contributed by atoms with Crippen LogP contribution >= 0.6 is 0 Å². The van der Waals surface area contributed by atoms with Crippen LogP contribution in [0.3, 0.4) is 0 Å². The number of hydrogen-bond acceptors (Lipinski definition) is 3. The van der Waals surface area contributed by atoms with Crippen LogP contribution in [0, 0.1) is 5.82 Å². The molecule has 0 amide bonds. The van der Waals surface area contributed by atoms with Crippen molar-refractivity contribution in [1.82, 2.24) is 9.97 Å². The molecule has 2 aromatic rings. The Kier molecular flexibility index (Phi) is 2.37. The summed E-state index contributed by atoms with van der Waals surface area (Å²) in [6, 6.07) is 4.48. The molecule has 2 rings (SSSR count). The van der Waals surface area contributed by atoms with Crippen molar-refractivity contribution in [2.75, 3.05) is 6.54 Å². The standard InChI is InChI=1S/C10H10FN3/c11-7-1-2-9-8(5-7)10(3-4-12)14-6-13-9/h1-2,5-6H,3-4,12H2. The van der Waals surface area contributed by atoms with E-state index in [0.717, 1.165) is 16.6 Å². The molecule has 72 valence electrons. The summed E-state index contributed by atoms with van der Waals surface area (Å²) in [6.45, 7) is 0.503. The highest BCUT2D eigenvalue weighted by molar-refractivity contribution is 5.80. The minimum atomic E-state index is -0.273. The number of aromatic nitrogens is 2. The van der Waals surface area contributed by atoms with Gasteiger partial charge in [-0.25, -0.2) is 14.4 Å². The van der Waals surface area contributed by atoms with Crippen LogP contribution in [0.2, 0.25) is 0 Å². The molecule has 0 bridgehead atoms. The predicted octanol–water partition coefficient (Wildman–Crippen LogP) is 1.27. The Balaban J connectivity index is 2.64. The van der Waals surface area contributed by atoms with Crippen LogP contribution in [0.25, 0.3) is 10.9 Å². The van der Waals surface area contributed by atoms with E-state index in [9.17, 15) is 4.39 Å². The van der Waals surface area contributed by atoms with Crippen molar-refractivity contribution in [1.29, 1.82) is 0 Å². The Morgan fingerprint density at radius 3 is 2.93 bits per heavy atom. The normalized spacial score (nSPS) is 10.7. The van der Waals surface area contributed by atoms with E-state index >= 15 is 0 Å². The Labute approximate surface area is 80.8 Å². The Hall–Kier alpha value is -1.55. The third kappa shape index (κ3) is 1.56. The predicted molar refractivity (Wildman–Crippen MR) is 52.3 cm³/mol. The van der Waals surface area contributed by atoms with Gasteiger partial charge in [0.05, 0.1) is 11.2 Å². The van der Waals surface area contributed by atoms with E-state index in [1.807, 2.05) is 0 Å². The molecular formula is C10H10FN3. The van der Waals surface area contributed by atoms with Crippen molar-refractivity contribution in [3.63, 3.8) is 0 Å². The van der Waals surface area contributed by atoms with Crippen LogP contribution in [0.4, 0.5) is 4.39 Å². The molecule has 0 aliphatic rings. The highest BCUT2D eigenvalue weighted by Gasteiger charge is 2.03. The fraction of sp³-hybridized carbons (Fsp3) is 0.200. The van der Waals surface area contributed by atoms with Gasteiger partial charge in [-0.05, 0) is 24.7 Å². The minimum absolute atomic E-state index is 0.273. The molecule has 0 unspecified atom stereocenters. The lowest BCUT2D eigenvalue weighted by Crippen LogP contribution is -2.05. The quantitative estimate of drug-likeness (QED) is 0.777. The third-order valence-corrected chi connectivity index (χ3v) is 2.06. The van der Waals surface area contributed by atoms with E-state index in [1.165, 1.54) is 18.5 Å². The van der Waals surface area contributed by atoms with E-state index in [1.54, 1.807) is 6.07 Å². The summed E-state index contributed by atoms with van der Waals surface area (Å²) in [5, 5.41) is 0.748. The molecule has 0 atom stereocenters. The lowest BCUT2D eigenvalue weighted by atomic mass is 10.1. The van der Waals surface area contributed by atoms with Crippen molar-refractivity contribution in [3.8, 4) is 0 Å². The molecule has 0 aliphatic carbocycles. The lowest BCUT2D eigenvalue weighted by molar-refractivity contribution is 0.629. The maximum Gasteiger partial charge on any atom is 0.124 e. The first-order valence-corrected chi connectivity index (χ1v) is 4.40. The summed E-state index contributed by atoms with van der Waals surface area (Å²) in [5.74, 6) is -0.273. The lowest BCUT2D eigenvalue weighted by Gasteiger charge is -2.02. The zero-order valence-electron chi connectivity index (χ0n) is 7.57. The molecule has 1 aromatic heterocycles. The smallest absolute Gasteiger partial charge is 0.124 e. The van der Waals surface area contributed by atoms with Gasteiger partial charge in [-0.2, -0.15) is 0 Å². The van der Waals surface area contributed by atoms with Gasteiger partial charge in [0, 0.05) is 11.8 Å². The molecule has 0 aliphatic heterocycles. The molecule has 1 heterocycles. The topological polar surface area (TPSA) is 51.8 Å². The molecule has 0 spiro atoms. The summed E-state index contributed by atoms with van der Waals surface area (Å²) in [5.41, 5.74) is 6.99. The van der Waals surface area contributed by atoms with Gasteiger partial charge in [0.15, 0.2) is 0 Å². The molecule has 4 heteroatoms. The number of halogens is 1. The molecule has 14 heavy (non-hydrogen) atoms. The first kappa shape index (κ1) is 9.02. The van der Waals surface area contributed by atoms with Gasteiger partial charge in [0.2, 0.25) is 0 Å². The molecule has 0 fully saturated rings. The summed E-state index contributed by atoms with van der Waals surface area (Å²) >= 11 is 0. The fourth-order valence-corrected chi connectivity index (χ4v) is 1.42. The maximum absolute atomic E-state index is 13.0. The van der Waals surface area contributed by atoms with Gasteiger partial charge in [0.1, 0.15) is 12.1 Å². The average Bonchev–Trinajstić information content (AvgIpc) is 2.19. The first-order chi connectivity index (χ1) is 6.81. The van der Waals surface area contributed by atoms with E-state index in [-0.39, 0.29) is 5.82 Å². The second kappa shape index (κ2) is 3.67. The summed E-state index contributed by atoms with van der Waals surface area (Å²) in [4.78, 5) is 8.13. The molecule has 3 nitrogen and oxygen atoms in total. The van der Waals surface area contributed by atoms with Gasteiger partial charge >= 0.3 is 0 Å². The van der Waals surface area contributed by atoms with E-state index < -0.39 is 0 Å². The minimum Gasteiger partial charge on any atom is -0.330 e. The highest BCUT2D eigenvalue weighted by atomic mass is 19.1. The zero-order chi connectivity index (χ0) is 9.97. The molecular weight excluding hydrogens is 181 g/mol. The Morgan fingerprint density at radius 1 is 1.29 bits per heavy atom. The van der Waals surface area contributed by atoms with Crippen LogP contribution in [0.5, 0.6) is 0 Å². The van der Waals surface area contributed by atoms with Gasteiger partial charge in [-0.3, -0.25) is 0 Å². The number of nitrogens with zero attached hydrogens (tertiary/aromatic N) is 2. The van der Waals surface area contributed by atoms with E-state index in [2.05, 4.69) is 9.97 Å². The average molecular weight is 191 g/mol. The van der Waals surface area contributed by atoms with Crippen molar-refractivity contribution in [3.05, 3.63) is 36.0 Å². The first-order valence-electron chi connectivity index (χ1n) is 4.40. The maximum atomic E-state index is 13.0. The molecule has 1 aromatic carbocycles. The SMILES string of the molecule is NCCc1ncnc2ccc(F)cc12. The van der Waals surface area contributed by atoms with Crippen molar-refractivity contribution in [2.45, 2.75) is 6.42 Å². The number of fused-ring (bicyclic) bond motifs is 1. The number of hydrogen-bond donors (Lipinski definition) is 1. The second-order valence-corrected chi connectivity index (χ2v) is 3.02. The summed E-state index contributed by atoms with van der Waals surface area (Å²) in [7, 11) is 0. The van der Waals surface area contributed by atoms with E-state index in [0.29, 0.717) is 13.0 Å². The molecule has 0 saturated carbocycles. The van der Waals surface area contributed by atoms with Crippen LogP contribution in [0.1, 0.15) is 5.69 Å². The van der Waals surface area contributed by atoms with Gasteiger partial charge in [0.25, 0.3) is 0 Å². The molecule has 0 saturated heterocycles. The van der Waals surface area contributed by atoms with Gasteiger partial charge < -0.3 is 5.73 Å². The zero-order valence-corrected chi connectivity index (χ0v) is 7.57. The number of nitrogens with two attached hydrogens (primary N) is 1. The van der Waals surface area contributed by atoms with Crippen LogP contribution < -0.4 is 5.73 Å². The van der Waals surface area contributed by atoms with Crippen LogP contribution in [-0.2, 0) is 6.42 Å². The molecule has 2 N–H and O–H groups in total. The second-order valence-electron chi connectivity index (χ2n) is 3.02. The van der Waals surface area contributed by atoms with Crippen LogP contribution in [-0.4, -0.2) is 16.5 Å². The van der Waals surface area contributed by atoms with Crippen molar-refractivity contribution in [2.24, 2.45) is 5.73 Å². The van der Waals surface area contributed by atoms with Crippen molar-refractivity contribution >= 4 is 10.9 Å².